The number of nitrogens with one attached hydrogen (secondary N) is 1. The third-order valence-corrected chi connectivity index (χ3v) is 5.18. The Kier molecular flexibility index (Phi) is 4.05. The number of nitrogens with zero attached hydrogens (tertiary/aromatic N) is 2. The van der Waals surface area contributed by atoms with Gasteiger partial charge in [0.25, 0.3) is 5.88 Å². The van der Waals surface area contributed by atoms with Gasteiger partial charge in [0.2, 0.25) is 0 Å². The lowest BCUT2D eigenvalue weighted by molar-refractivity contribution is 0.0567. The molecule has 0 fully saturated rings. The molecule has 0 aliphatic carbocycles. The summed E-state index contributed by atoms with van der Waals surface area (Å²) in [4.78, 5) is 9.82. The molecule has 0 amide bonds. The van der Waals surface area contributed by atoms with E-state index in [9.17, 15) is 4.39 Å². The summed E-state index contributed by atoms with van der Waals surface area (Å²) in [5.41, 5.74) is 3.32. The summed E-state index contributed by atoms with van der Waals surface area (Å²) in [5.74, 6) is 1.08. The highest BCUT2D eigenvalue weighted by Crippen LogP contribution is 2.31. The monoisotopic (exact) mass is 365 g/mol. The third-order valence-electron chi connectivity index (χ3n) is 5.18. The van der Waals surface area contributed by atoms with Crippen molar-refractivity contribution in [2.24, 2.45) is 0 Å². The van der Waals surface area contributed by atoms with Crippen LogP contribution in [-0.2, 0) is 0 Å². The molecule has 0 saturated heterocycles. The molecule has 2 aliphatic heterocycles. The summed E-state index contributed by atoms with van der Waals surface area (Å²) in [6, 6.07) is 8.59. The number of fused-ring (bicyclic) bond motifs is 2. The van der Waals surface area contributed by atoms with Crippen LogP contribution in [0.15, 0.2) is 48.8 Å². The van der Waals surface area contributed by atoms with E-state index in [-0.39, 0.29) is 11.9 Å². The summed E-state index contributed by atoms with van der Waals surface area (Å²) in [6.07, 6.45) is 6.82. The van der Waals surface area contributed by atoms with Crippen molar-refractivity contribution in [1.82, 2.24) is 14.9 Å². The van der Waals surface area contributed by atoms with Crippen molar-refractivity contribution in [3.05, 3.63) is 60.2 Å². The summed E-state index contributed by atoms with van der Waals surface area (Å²) in [7, 11) is 0. The molecular weight excluding hydrogens is 345 g/mol. The molecule has 5 nitrogen and oxygen atoms in total. The molecule has 1 aromatic carbocycles. The SMILES string of the molecule is Fc1ccc2[nH]cc(C3=CCN(CC4COc5cccnc5O4)CC3)c2c1. The first-order valence-corrected chi connectivity index (χ1v) is 9.19. The Bertz CT molecular complexity index is 1010. The zero-order chi connectivity index (χ0) is 18.2. The maximum Gasteiger partial charge on any atom is 0.257 e. The molecule has 1 unspecified atom stereocenters. The van der Waals surface area contributed by atoms with Crippen molar-refractivity contribution in [3.63, 3.8) is 0 Å². The van der Waals surface area contributed by atoms with Gasteiger partial charge in [0.15, 0.2) is 5.75 Å². The average molecular weight is 365 g/mol. The highest BCUT2D eigenvalue weighted by Gasteiger charge is 2.25. The number of rotatable bonds is 3. The van der Waals surface area contributed by atoms with Crippen LogP contribution in [0, 0.1) is 5.82 Å². The molecular formula is C21H20FN3O2. The van der Waals surface area contributed by atoms with Crippen molar-refractivity contribution in [3.8, 4) is 11.6 Å². The van der Waals surface area contributed by atoms with E-state index in [0.717, 1.165) is 42.5 Å². The smallest absolute Gasteiger partial charge is 0.257 e. The molecule has 2 aliphatic rings. The quantitative estimate of drug-likeness (QED) is 0.770. The Labute approximate surface area is 156 Å². The maximum absolute atomic E-state index is 13.6. The normalized spacial score (nSPS) is 19.9. The van der Waals surface area contributed by atoms with Crippen LogP contribution in [0.5, 0.6) is 11.6 Å². The Morgan fingerprint density at radius 2 is 2.26 bits per heavy atom. The number of hydrogen-bond acceptors (Lipinski definition) is 4. The molecule has 2 aromatic heterocycles. The molecule has 1 N–H and O–H groups in total. The van der Waals surface area contributed by atoms with E-state index in [1.165, 1.54) is 11.6 Å². The molecule has 0 saturated carbocycles. The molecule has 5 rings (SSSR count). The van der Waals surface area contributed by atoms with E-state index >= 15 is 0 Å². The average Bonchev–Trinajstić information content (AvgIpc) is 3.11. The molecule has 4 heterocycles. The van der Waals surface area contributed by atoms with Crippen molar-refractivity contribution in [2.45, 2.75) is 12.5 Å². The van der Waals surface area contributed by atoms with Crippen molar-refractivity contribution in [1.29, 1.82) is 0 Å². The van der Waals surface area contributed by atoms with E-state index in [2.05, 4.69) is 20.9 Å². The fourth-order valence-corrected chi connectivity index (χ4v) is 3.81. The lowest BCUT2D eigenvalue weighted by Crippen LogP contribution is -2.42. The van der Waals surface area contributed by atoms with Crippen LogP contribution in [-0.4, -0.2) is 47.2 Å². The molecule has 27 heavy (non-hydrogen) atoms. The van der Waals surface area contributed by atoms with Crippen molar-refractivity contribution in [2.75, 3.05) is 26.2 Å². The molecule has 0 spiro atoms. The number of halogens is 1. The van der Waals surface area contributed by atoms with Gasteiger partial charge in [-0.15, -0.1) is 0 Å². The van der Waals surface area contributed by atoms with Crippen molar-refractivity contribution >= 4 is 16.5 Å². The Hall–Kier alpha value is -2.86. The summed E-state index contributed by atoms with van der Waals surface area (Å²) < 4.78 is 25.3. The summed E-state index contributed by atoms with van der Waals surface area (Å²) in [5, 5.41) is 0.946. The predicted octanol–water partition coefficient (Wildman–Crippen LogP) is 3.63. The lowest BCUT2D eigenvalue weighted by atomic mass is 9.98. The number of ether oxygens (including phenoxy) is 2. The summed E-state index contributed by atoms with van der Waals surface area (Å²) in [6.45, 7) is 3.10. The van der Waals surface area contributed by atoms with Crippen LogP contribution in [0.1, 0.15) is 12.0 Å². The highest BCUT2D eigenvalue weighted by atomic mass is 19.1. The first-order chi connectivity index (χ1) is 13.3. The molecule has 1 atom stereocenters. The zero-order valence-corrected chi connectivity index (χ0v) is 14.8. The minimum atomic E-state index is -0.204. The number of aromatic amines is 1. The van der Waals surface area contributed by atoms with Crippen LogP contribution in [0.4, 0.5) is 4.39 Å². The van der Waals surface area contributed by atoms with Gasteiger partial charge in [-0.1, -0.05) is 6.08 Å². The van der Waals surface area contributed by atoms with Crippen LogP contribution in [0.25, 0.3) is 16.5 Å². The fourth-order valence-electron chi connectivity index (χ4n) is 3.81. The van der Waals surface area contributed by atoms with Crippen LogP contribution in [0.2, 0.25) is 0 Å². The van der Waals surface area contributed by atoms with Gasteiger partial charge in [0.05, 0.1) is 0 Å². The van der Waals surface area contributed by atoms with Gasteiger partial charge >= 0.3 is 0 Å². The van der Waals surface area contributed by atoms with Gasteiger partial charge in [-0.3, -0.25) is 4.90 Å². The van der Waals surface area contributed by atoms with Gasteiger partial charge < -0.3 is 14.5 Å². The number of H-pyrrole nitrogens is 1. The Morgan fingerprint density at radius 1 is 1.30 bits per heavy atom. The Morgan fingerprint density at radius 3 is 3.15 bits per heavy atom. The molecule has 138 valence electrons. The van der Waals surface area contributed by atoms with Crippen molar-refractivity contribution < 1.29 is 13.9 Å². The second-order valence-electron chi connectivity index (χ2n) is 6.99. The highest BCUT2D eigenvalue weighted by molar-refractivity contribution is 5.92. The van der Waals surface area contributed by atoms with E-state index in [1.807, 2.05) is 18.3 Å². The Balaban J connectivity index is 1.27. The maximum atomic E-state index is 13.6. The number of pyridine rings is 1. The van der Waals surface area contributed by atoms with E-state index in [4.69, 9.17) is 9.47 Å². The van der Waals surface area contributed by atoms with Crippen LogP contribution in [0.3, 0.4) is 0 Å². The number of aromatic nitrogens is 2. The molecule has 6 heteroatoms. The minimum absolute atomic E-state index is 0.0236. The zero-order valence-electron chi connectivity index (χ0n) is 14.8. The summed E-state index contributed by atoms with van der Waals surface area (Å²) >= 11 is 0. The largest absolute Gasteiger partial charge is 0.484 e. The second-order valence-corrected chi connectivity index (χ2v) is 6.99. The lowest BCUT2D eigenvalue weighted by Gasteiger charge is -2.32. The number of hydrogen-bond donors (Lipinski definition) is 1. The van der Waals surface area contributed by atoms with Gasteiger partial charge in [-0.05, 0) is 42.3 Å². The minimum Gasteiger partial charge on any atom is -0.484 e. The van der Waals surface area contributed by atoms with E-state index in [1.54, 1.807) is 18.3 Å². The van der Waals surface area contributed by atoms with Gasteiger partial charge in [-0.25, -0.2) is 9.37 Å². The van der Waals surface area contributed by atoms with Crippen LogP contribution >= 0.6 is 0 Å². The fraction of sp³-hybridized carbons (Fsp3) is 0.286. The van der Waals surface area contributed by atoms with E-state index < -0.39 is 0 Å². The third kappa shape index (κ3) is 3.17. The van der Waals surface area contributed by atoms with Gasteiger partial charge in [-0.2, -0.15) is 0 Å². The van der Waals surface area contributed by atoms with E-state index in [0.29, 0.717) is 18.2 Å². The molecule has 3 aromatic rings. The predicted molar refractivity (Wildman–Crippen MR) is 101 cm³/mol. The first kappa shape index (κ1) is 16.3. The topological polar surface area (TPSA) is 50.4 Å². The van der Waals surface area contributed by atoms with Gasteiger partial charge in [0, 0.05) is 48.5 Å². The van der Waals surface area contributed by atoms with Gasteiger partial charge in [0.1, 0.15) is 18.5 Å². The van der Waals surface area contributed by atoms with Crippen LogP contribution < -0.4 is 9.47 Å². The number of benzene rings is 1. The second kappa shape index (κ2) is 6.70. The standard InChI is InChI=1S/C21H20FN3O2/c22-15-3-4-19-17(10-15)18(11-24-19)14-5-8-25(9-6-14)12-16-13-26-20-2-1-7-23-21(20)27-16/h1-5,7,10-11,16,24H,6,8-9,12-13H2. The molecule has 0 bridgehead atoms. The molecule has 0 radical (unpaired) electrons. The first-order valence-electron chi connectivity index (χ1n) is 9.19.